The Hall–Kier alpha value is -1.04. The van der Waals surface area contributed by atoms with Gasteiger partial charge in [0.25, 0.3) is 0 Å². The van der Waals surface area contributed by atoms with Gasteiger partial charge in [-0.05, 0) is 17.7 Å². The molecule has 0 fully saturated rings. The summed E-state index contributed by atoms with van der Waals surface area (Å²) in [5.74, 6) is 0.457. The number of amides is 1. The van der Waals surface area contributed by atoms with Crippen molar-refractivity contribution in [2.24, 2.45) is 0 Å². The van der Waals surface area contributed by atoms with Crippen LogP contribution >= 0.6 is 43.5 Å². The number of halogens is 3. The number of benzene rings is 2. The van der Waals surface area contributed by atoms with Crippen LogP contribution in [0.5, 0.6) is 5.75 Å². The van der Waals surface area contributed by atoms with Gasteiger partial charge in [0.2, 0.25) is 5.91 Å². The summed E-state index contributed by atoms with van der Waals surface area (Å²) >= 11 is 13.1. The van der Waals surface area contributed by atoms with Crippen molar-refractivity contribution in [1.82, 2.24) is 0 Å². The fraction of sp³-hybridized carbons (Fsp3) is 0.188. The number of carbonyl (C=O) groups excluding carboxylic acids is 1. The Morgan fingerprint density at radius 2 is 1.86 bits per heavy atom. The van der Waals surface area contributed by atoms with Crippen molar-refractivity contribution in [3.8, 4) is 5.75 Å². The summed E-state index contributed by atoms with van der Waals surface area (Å²) in [5.41, 5.74) is 1.56. The van der Waals surface area contributed by atoms with E-state index < -0.39 is 4.83 Å². The van der Waals surface area contributed by atoms with Crippen LogP contribution < -0.4 is 10.1 Å². The minimum Gasteiger partial charge on any atom is -0.497 e. The van der Waals surface area contributed by atoms with E-state index in [0.29, 0.717) is 16.5 Å². The minimum atomic E-state index is -0.437. The number of hydrogen-bond acceptors (Lipinski definition) is 2. The Labute approximate surface area is 151 Å². The van der Waals surface area contributed by atoms with E-state index in [2.05, 4.69) is 37.2 Å². The molecule has 116 valence electrons. The highest BCUT2D eigenvalue weighted by Gasteiger charge is 2.25. The molecule has 0 aliphatic heterocycles. The van der Waals surface area contributed by atoms with Crippen LogP contribution in [0.4, 0.5) is 5.69 Å². The average Bonchev–Trinajstić information content (AvgIpc) is 2.56. The molecule has 0 spiro atoms. The highest BCUT2D eigenvalue weighted by atomic mass is 79.9. The molecule has 0 saturated carbocycles. The Kier molecular flexibility index (Phi) is 6.29. The molecular formula is C16H14Br2ClNO2. The highest BCUT2D eigenvalue weighted by molar-refractivity contribution is 9.12. The van der Waals surface area contributed by atoms with Gasteiger partial charge in [-0.15, -0.1) is 0 Å². The number of anilines is 1. The lowest BCUT2D eigenvalue weighted by Crippen LogP contribution is -2.26. The third-order valence-electron chi connectivity index (χ3n) is 3.06. The van der Waals surface area contributed by atoms with E-state index in [1.807, 2.05) is 30.3 Å². The summed E-state index contributed by atoms with van der Waals surface area (Å²) in [5, 5.41) is 3.24. The van der Waals surface area contributed by atoms with Crippen LogP contribution in [0.25, 0.3) is 0 Å². The predicted octanol–water partition coefficient (Wildman–Crippen LogP) is 5.19. The molecule has 1 amide bonds. The van der Waals surface area contributed by atoms with Crippen molar-refractivity contribution in [1.29, 1.82) is 0 Å². The first-order valence-corrected chi connectivity index (χ1v) is 8.71. The smallest absolute Gasteiger partial charge is 0.239 e. The molecule has 2 aromatic rings. The molecule has 2 atom stereocenters. The molecule has 3 nitrogen and oxygen atoms in total. The fourth-order valence-corrected chi connectivity index (χ4v) is 3.05. The minimum absolute atomic E-state index is 0.147. The molecule has 0 saturated heterocycles. The molecule has 0 unspecified atom stereocenters. The summed E-state index contributed by atoms with van der Waals surface area (Å²) < 4.78 is 5.08. The van der Waals surface area contributed by atoms with Gasteiger partial charge in [-0.3, -0.25) is 4.79 Å². The normalized spacial score (nSPS) is 13.3. The van der Waals surface area contributed by atoms with Crippen molar-refractivity contribution in [2.75, 3.05) is 12.4 Å². The molecule has 22 heavy (non-hydrogen) atoms. The topological polar surface area (TPSA) is 38.3 Å². The first-order valence-electron chi connectivity index (χ1n) is 6.50. The first-order chi connectivity index (χ1) is 10.5. The van der Waals surface area contributed by atoms with E-state index in [-0.39, 0.29) is 10.7 Å². The van der Waals surface area contributed by atoms with Gasteiger partial charge in [0, 0.05) is 6.07 Å². The van der Waals surface area contributed by atoms with E-state index in [1.54, 1.807) is 25.3 Å². The maximum Gasteiger partial charge on any atom is 0.239 e. The van der Waals surface area contributed by atoms with Crippen molar-refractivity contribution in [3.63, 3.8) is 0 Å². The Morgan fingerprint density at radius 3 is 2.45 bits per heavy atom. The number of ether oxygens (including phenoxy) is 1. The number of methoxy groups -OCH3 is 1. The second-order valence-electron chi connectivity index (χ2n) is 4.55. The van der Waals surface area contributed by atoms with Crippen LogP contribution in [0.2, 0.25) is 5.02 Å². The van der Waals surface area contributed by atoms with Gasteiger partial charge in [-0.2, -0.15) is 0 Å². The van der Waals surface area contributed by atoms with E-state index in [9.17, 15) is 4.79 Å². The third kappa shape index (κ3) is 4.24. The number of alkyl halides is 2. The Balaban J connectivity index is 2.08. The zero-order chi connectivity index (χ0) is 16.1. The summed E-state index contributed by atoms with van der Waals surface area (Å²) in [4.78, 5) is 11.8. The van der Waals surface area contributed by atoms with Gasteiger partial charge in [0.05, 0.1) is 22.6 Å². The number of carbonyl (C=O) groups is 1. The van der Waals surface area contributed by atoms with Crippen LogP contribution in [-0.4, -0.2) is 17.8 Å². The van der Waals surface area contributed by atoms with Crippen molar-refractivity contribution >= 4 is 55.1 Å². The van der Waals surface area contributed by atoms with Crippen molar-refractivity contribution in [2.45, 2.75) is 9.65 Å². The van der Waals surface area contributed by atoms with E-state index >= 15 is 0 Å². The van der Waals surface area contributed by atoms with Gasteiger partial charge in [0.15, 0.2) is 0 Å². The lowest BCUT2D eigenvalue weighted by molar-refractivity contribution is -0.115. The summed E-state index contributed by atoms with van der Waals surface area (Å²) in [6.07, 6.45) is 0. The summed E-state index contributed by atoms with van der Waals surface area (Å²) in [6.45, 7) is 0. The van der Waals surface area contributed by atoms with Crippen LogP contribution in [0.1, 0.15) is 10.4 Å². The lowest BCUT2D eigenvalue weighted by Gasteiger charge is -2.17. The SMILES string of the molecule is COc1ccc(NC(=O)[C@H](Br)[C@H](Br)c2ccccc2)c(Cl)c1. The molecule has 0 radical (unpaired) electrons. The van der Waals surface area contributed by atoms with E-state index in [1.165, 1.54) is 0 Å². The largest absolute Gasteiger partial charge is 0.497 e. The van der Waals surface area contributed by atoms with Gasteiger partial charge >= 0.3 is 0 Å². The van der Waals surface area contributed by atoms with Crippen LogP contribution in [0.3, 0.4) is 0 Å². The van der Waals surface area contributed by atoms with Gasteiger partial charge in [-0.25, -0.2) is 0 Å². The van der Waals surface area contributed by atoms with Gasteiger partial charge in [0.1, 0.15) is 10.6 Å². The zero-order valence-electron chi connectivity index (χ0n) is 11.7. The maximum absolute atomic E-state index is 12.4. The molecule has 2 rings (SSSR count). The summed E-state index contributed by atoms with van der Waals surface area (Å²) in [7, 11) is 1.56. The second-order valence-corrected chi connectivity index (χ2v) is 6.93. The first kappa shape index (κ1) is 17.3. The molecule has 0 bridgehead atoms. The van der Waals surface area contributed by atoms with Crippen LogP contribution in [0.15, 0.2) is 48.5 Å². The quantitative estimate of drug-likeness (QED) is 0.641. The number of nitrogens with one attached hydrogen (secondary N) is 1. The second kappa shape index (κ2) is 7.99. The Bertz CT molecular complexity index is 652. The zero-order valence-corrected chi connectivity index (χ0v) is 15.7. The molecule has 0 heterocycles. The molecule has 0 aromatic heterocycles. The lowest BCUT2D eigenvalue weighted by atomic mass is 10.1. The molecule has 1 N–H and O–H groups in total. The standard InChI is InChI=1S/C16H14Br2ClNO2/c1-22-11-7-8-13(12(19)9-11)20-16(21)15(18)14(17)10-5-3-2-4-6-10/h2-9,14-15H,1H3,(H,20,21)/t14-,15-/m1/s1. The third-order valence-corrected chi connectivity index (χ3v) is 6.08. The van der Waals surface area contributed by atoms with Crippen molar-refractivity contribution in [3.05, 3.63) is 59.1 Å². The monoisotopic (exact) mass is 445 g/mol. The maximum atomic E-state index is 12.4. The van der Waals surface area contributed by atoms with Gasteiger partial charge in [-0.1, -0.05) is 73.8 Å². The van der Waals surface area contributed by atoms with Crippen molar-refractivity contribution < 1.29 is 9.53 Å². The molecule has 6 heteroatoms. The average molecular weight is 448 g/mol. The van der Waals surface area contributed by atoms with E-state index in [4.69, 9.17) is 16.3 Å². The molecule has 0 aliphatic carbocycles. The molecule has 2 aromatic carbocycles. The van der Waals surface area contributed by atoms with E-state index in [0.717, 1.165) is 5.56 Å². The van der Waals surface area contributed by atoms with Crippen LogP contribution in [-0.2, 0) is 4.79 Å². The van der Waals surface area contributed by atoms with Gasteiger partial charge < -0.3 is 10.1 Å². The predicted molar refractivity (Wildman–Crippen MR) is 97.5 cm³/mol. The van der Waals surface area contributed by atoms with Crippen LogP contribution in [0, 0.1) is 0 Å². The fourth-order valence-electron chi connectivity index (χ4n) is 1.86. The highest BCUT2D eigenvalue weighted by Crippen LogP contribution is 2.33. The Morgan fingerprint density at radius 1 is 1.18 bits per heavy atom. The number of hydrogen-bond donors (Lipinski definition) is 1. The number of rotatable bonds is 5. The summed E-state index contributed by atoms with van der Waals surface area (Å²) in [6, 6.07) is 14.8. The molecular weight excluding hydrogens is 433 g/mol. The molecule has 0 aliphatic rings.